The summed E-state index contributed by atoms with van der Waals surface area (Å²) in [7, 11) is 1.29. The number of hydrogen-bond acceptors (Lipinski definition) is 5. The molecule has 0 radical (unpaired) electrons. The van der Waals surface area contributed by atoms with Crippen LogP contribution in [0, 0.1) is 0 Å². The summed E-state index contributed by atoms with van der Waals surface area (Å²) >= 11 is 0. The van der Waals surface area contributed by atoms with E-state index in [4.69, 9.17) is 4.74 Å². The normalized spacial score (nSPS) is 31.2. The van der Waals surface area contributed by atoms with E-state index in [2.05, 4.69) is 5.32 Å². The molecule has 3 N–H and O–H groups in total. The van der Waals surface area contributed by atoms with Crippen LogP contribution in [0.4, 0.5) is 4.79 Å². The third-order valence-electron chi connectivity index (χ3n) is 5.32. The smallest absolute Gasteiger partial charge is 0.364 e. The summed E-state index contributed by atoms with van der Waals surface area (Å²) in [5.74, 6) is -0.790. The molecule has 2 aliphatic heterocycles. The molecule has 0 spiro atoms. The first-order valence-corrected chi connectivity index (χ1v) is 8.73. The van der Waals surface area contributed by atoms with E-state index >= 15 is 0 Å². The molecule has 1 unspecified atom stereocenters. The Balaban J connectivity index is 1.84. The number of methoxy groups -OCH3 is 1. The molecule has 26 heavy (non-hydrogen) atoms. The molecule has 1 aromatic rings. The van der Waals surface area contributed by atoms with Gasteiger partial charge in [-0.15, -0.1) is 0 Å². The van der Waals surface area contributed by atoms with Crippen LogP contribution in [0.2, 0.25) is 0 Å². The van der Waals surface area contributed by atoms with Gasteiger partial charge in [-0.25, -0.2) is 14.5 Å². The van der Waals surface area contributed by atoms with Gasteiger partial charge in [0.05, 0.1) is 7.11 Å². The molecule has 0 saturated carbocycles. The van der Waals surface area contributed by atoms with Gasteiger partial charge in [0.15, 0.2) is 12.7 Å². The number of aliphatic hydroxyl groups is 1. The van der Waals surface area contributed by atoms with E-state index < -0.39 is 29.7 Å². The zero-order valence-corrected chi connectivity index (χ0v) is 14.9. The Kier molecular flexibility index (Phi) is 4.97. The topological polar surface area (TPSA) is 100 Å². The highest BCUT2D eigenvalue weighted by atomic mass is 16.5. The lowest BCUT2D eigenvalue weighted by molar-refractivity contribution is -0.912. The number of ether oxygens (including phenoxy) is 1. The highest BCUT2D eigenvalue weighted by molar-refractivity contribution is 6.07. The van der Waals surface area contributed by atoms with Crippen LogP contribution in [0.1, 0.15) is 25.3 Å². The lowest BCUT2D eigenvalue weighted by atomic mass is 9.87. The molecule has 0 aromatic heterocycles. The zero-order valence-electron chi connectivity index (χ0n) is 14.9. The fourth-order valence-corrected chi connectivity index (χ4v) is 3.88. The molecule has 1 aromatic carbocycles. The molecule has 0 aliphatic carbocycles. The van der Waals surface area contributed by atoms with Gasteiger partial charge in [0.2, 0.25) is 0 Å². The van der Waals surface area contributed by atoms with Gasteiger partial charge in [-0.05, 0) is 12.0 Å². The Morgan fingerprint density at radius 3 is 2.69 bits per heavy atom. The van der Waals surface area contributed by atoms with Crippen LogP contribution in [0.15, 0.2) is 30.3 Å². The van der Waals surface area contributed by atoms with E-state index in [9.17, 15) is 19.5 Å². The van der Waals surface area contributed by atoms with Crippen LogP contribution in [-0.2, 0) is 19.9 Å². The summed E-state index contributed by atoms with van der Waals surface area (Å²) in [6.07, 6.45) is -0.000333. The number of nitrogens with zero attached hydrogens (tertiary/aromatic N) is 1. The van der Waals surface area contributed by atoms with Crippen molar-refractivity contribution in [3.8, 4) is 0 Å². The summed E-state index contributed by atoms with van der Waals surface area (Å²) < 4.78 is 4.79. The quantitative estimate of drug-likeness (QED) is 0.460. The van der Waals surface area contributed by atoms with Crippen molar-refractivity contribution in [2.45, 2.75) is 37.5 Å². The summed E-state index contributed by atoms with van der Waals surface area (Å²) in [4.78, 5) is 39.4. The van der Waals surface area contributed by atoms with Crippen molar-refractivity contribution in [1.82, 2.24) is 10.2 Å². The Morgan fingerprint density at radius 1 is 1.38 bits per heavy atom. The number of carbonyl (C=O) groups excluding carboxylic acids is 3. The SMILES string of the molecule is CC[C@]1(c2ccccc2)NC(=O)N(C[NH+]2C[C@H](O)C[C@H]2C(=O)OC)C1=O. The average Bonchev–Trinajstić information content (AvgIpc) is 3.14. The van der Waals surface area contributed by atoms with E-state index in [1.165, 1.54) is 7.11 Å². The number of esters is 1. The number of rotatable bonds is 5. The zero-order chi connectivity index (χ0) is 18.9. The molecule has 140 valence electrons. The second kappa shape index (κ2) is 7.05. The van der Waals surface area contributed by atoms with Gasteiger partial charge in [-0.2, -0.15) is 0 Å². The van der Waals surface area contributed by atoms with Crippen molar-refractivity contribution in [3.63, 3.8) is 0 Å². The molecule has 2 aliphatic rings. The lowest BCUT2D eigenvalue weighted by Crippen LogP contribution is -3.16. The molecular formula is C18H24N3O5+. The van der Waals surface area contributed by atoms with Gasteiger partial charge in [-0.1, -0.05) is 37.3 Å². The number of carbonyl (C=O) groups is 3. The van der Waals surface area contributed by atoms with Crippen LogP contribution in [0.3, 0.4) is 0 Å². The number of nitrogens with one attached hydrogen (secondary N) is 2. The van der Waals surface area contributed by atoms with E-state index in [0.29, 0.717) is 11.3 Å². The van der Waals surface area contributed by atoms with Crippen molar-refractivity contribution >= 4 is 17.9 Å². The minimum Gasteiger partial charge on any atom is -0.465 e. The molecule has 8 heteroatoms. The number of quaternary nitrogens is 1. The van der Waals surface area contributed by atoms with Crippen molar-refractivity contribution in [2.24, 2.45) is 0 Å². The highest BCUT2D eigenvalue weighted by Crippen LogP contribution is 2.31. The average molecular weight is 362 g/mol. The summed E-state index contributed by atoms with van der Waals surface area (Å²) in [5, 5.41) is 12.7. The third-order valence-corrected chi connectivity index (χ3v) is 5.32. The molecule has 2 saturated heterocycles. The fraction of sp³-hybridized carbons (Fsp3) is 0.500. The Hall–Kier alpha value is -2.45. The standard InChI is InChI=1S/C18H23N3O5/c1-3-18(12-7-5-4-6-8-12)16(24)21(17(25)19-18)11-20-10-13(22)9-14(20)15(23)26-2/h4-8,13-14,22H,3,9-11H2,1-2H3,(H,19,25)/p+1/t13-,14+,18-/m1/s1. The second-order valence-corrected chi connectivity index (χ2v) is 6.77. The molecular weight excluding hydrogens is 338 g/mol. The number of benzene rings is 1. The van der Waals surface area contributed by atoms with Gasteiger partial charge in [-0.3, -0.25) is 4.79 Å². The molecule has 4 atom stereocenters. The van der Waals surface area contributed by atoms with Gasteiger partial charge in [0.25, 0.3) is 5.91 Å². The Morgan fingerprint density at radius 2 is 2.08 bits per heavy atom. The van der Waals surface area contributed by atoms with Gasteiger partial charge in [0.1, 0.15) is 18.2 Å². The number of hydrogen-bond donors (Lipinski definition) is 3. The molecule has 0 bridgehead atoms. The maximum atomic E-state index is 13.1. The minimum atomic E-state index is -1.10. The monoisotopic (exact) mass is 362 g/mol. The minimum absolute atomic E-state index is 0.01000. The molecule has 2 heterocycles. The number of amides is 3. The predicted octanol–water partition coefficient (Wildman–Crippen LogP) is -1.01. The molecule has 2 fully saturated rings. The first kappa shape index (κ1) is 18.3. The van der Waals surface area contributed by atoms with Crippen molar-refractivity contribution in [1.29, 1.82) is 0 Å². The van der Waals surface area contributed by atoms with Gasteiger partial charge < -0.3 is 20.1 Å². The second-order valence-electron chi connectivity index (χ2n) is 6.77. The first-order chi connectivity index (χ1) is 12.4. The van der Waals surface area contributed by atoms with E-state index in [-0.39, 0.29) is 25.5 Å². The van der Waals surface area contributed by atoms with Crippen LogP contribution in [0.25, 0.3) is 0 Å². The van der Waals surface area contributed by atoms with E-state index in [0.717, 1.165) is 10.5 Å². The number of aliphatic hydroxyl groups excluding tert-OH is 1. The van der Waals surface area contributed by atoms with Crippen LogP contribution >= 0.6 is 0 Å². The molecule has 3 amide bonds. The Bertz CT molecular complexity index is 710. The van der Waals surface area contributed by atoms with Gasteiger partial charge in [0, 0.05) is 6.42 Å². The summed E-state index contributed by atoms with van der Waals surface area (Å²) in [6, 6.07) is 8.04. The predicted molar refractivity (Wildman–Crippen MR) is 90.9 cm³/mol. The summed E-state index contributed by atoms with van der Waals surface area (Å²) in [6.45, 7) is 2.13. The number of imide groups is 1. The summed E-state index contributed by atoms with van der Waals surface area (Å²) in [5.41, 5.74) is -0.374. The third kappa shape index (κ3) is 2.95. The van der Waals surface area contributed by atoms with Crippen LogP contribution < -0.4 is 10.2 Å². The largest absolute Gasteiger partial charge is 0.465 e. The first-order valence-electron chi connectivity index (χ1n) is 8.73. The van der Waals surface area contributed by atoms with E-state index in [1.807, 2.05) is 37.3 Å². The van der Waals surface area contributed by atoms with E-state index in [1.54, 1.807) is 0 Å². The fourth-order valence-electron chi connectivity index (χ4n) is 3.88. The van der Waals surface area contributed by atoms with Crippen LogP contribution in [0.5, 0.6) is 0 Å². The Labute approximate surface area is 151 Å². The maximum absolute atomic E-state index is 13.1. The van der Waals surface area contributed by atoms with Crippen molar-refractivity contribution in [2.75, 3.05) is 20.3 Å². The maximum Gasteiger partial charge on any atom is 0.364 e. The highest BCUT2D eigenvalue weighted by Gasteiger charge is 2.53. The lowest BCUT2D eigenvalue weighted by Gasteiger charge is -2.27. The molecule has 8 nitrogen and oxygen atoms in total. The number of urea groups is 1. The van der Waals surface area contributed by atoms with Crippen molar-refractivity contribution < 1.29 is 29.1 Å². The van der Waals surface area contributed by atoms with Crippen LogP contribution in [-0.4, -0.2) is 60.4 Å². The van der Waals surface area contributed by atoms with Gasteiger partial charge >= 0.3 is 12.0 Å². The number of likely N-dealkylation sites (tertiary alicyclic amines) is 1. The molecule has 3 rings (SSSR count). The van der Waals surface area contributed by atoms with Crippen molar-refractivity contribution in [3.05, 3.63) is 35.9 Å².